The predicted octanol–water partition coefficient (Wildman–Crippen LogP) is 3.83. The van der Waals surface area contributed by atoms with Crippen LogP contribution in [0.15, 0.2) is 35.3 Å². The second-order valence-electron chi connectivity index (χ2n) is 7.00. The van der Waals surface area contributed by atoms with Gasteiger partial charge in [0, 0.05) is 27.3 Å². The molecule has 1 fully saturated rings. The highest BCUT2D eigenvalue weighted by Gasteiger charge is 2.33. The maximum atomic E-state index is 5.90. The van der Waals surface area contributed by atoms with Crippen molar-refractivity contribution >= 4 is 29.9 Å². The Morgan fingerprint density at radius 3 is 2.50 bits per heavy atom. The van der Waals surface area contributed by atoms with E-state index >= 15 is 0 Å². The van der Waals surface area contributed by atoms with E-state index in [-0.39, 0.29) is 30.1 Å². The van der Waals surface area contributed by atoms with Crippen LogP contribution in [-0.4, -0.2) is 45.9 Å². The summed E-state index contributed by atoms with van der Waals surface area (Å²) < 4.78 is 11.2. The van der Waals surface area contributed by atoms with Gasteiger partial charge in [0.2, 0.25) is 0 Å². The zero-order valence-electron chi connectivity index (χ0n) is 16.3. The zero-order chi connectivity index (χ0) is 18.0. The standard InChI is InChI=1S/C20H33N3O2.HI/c1-17(25-18-9-5-4-6-10-18)15-22-19(21-2)23-16-20(13-14-24-3)11-7-8-12-20;/h4-6,9-10,17H,7-8,11-16H2,1-3H3,(H2,21,22,23);1H. The molecular weight excluding hydrogens is 441 g/mol. The van der Waals surface area contributed by atoms with Crippen molar-refractivity contribution in [3.05, 3.63) is 30.3 Å². The van der Waals surface area contributed by atoms with E-state index in [4.69, 9.17) is 9.47 Å². The Kier molecular flexibility index (Phi) is 11.0. The van der Waals surface area contributed by atoms with Gasteiger partial charge in [-0.15, -0.1) is 24.0 Å². The van der Waals surface area contributed by atoms with E-state index < -0.39 is 0 Å². The van der Waals surface area contributed by atoms with Gasteiger partial charge in [0.1, 0.15) is 11.9 Å². The number of aliphatic imine (C=N–C) groups is 1. The van der Waals surface area contributed by atoms with Crippen molar-refractivity contribution in [1.29, 1.82) is 0 Å². The van der Waals surface area contributed by atoms with Gasteiger partial charge in [0.15, 0.2) is 5.96 Å². The zero-order valence-corrected chi connectivity index (χ0v) is 18.6. The number of guanidine groups is 1. The second kappa shape index (κ2) is 12.4. The summed E-state index contributed by atoms with van der Waals surface area (Å²) >= 11 is 0. The van der Waals surface area contributed by atoms with Crippen LogP contribution < -0.4 is 15.4 Å². The van der Waals surface area contributed by atoms with E-state index in [0.29, 0.717) is 12.0 Å². The SMILES string of the molecule is CN=C(NCC(C)Oc1ccccc1)NCC1(CCOC)CCCC1.I. The van der Waals surface area contributed by atoms with E-state index in [1.807, 2.05) is 37.4 Å². The maximum absolute atomic E-state index is 5.90. The topological polar surface area (TPSA) is 54.9 Å². The van der Waals surface area contributed by atoms with Crippen LogP contribution in [-0.2, 0) is 4.74 Å². The molecule has 1 aliphatic carbocycles. The molecule has 0 saturated heterocycles. The first-order valence-electron chi connectivity index (χ1n) is 9.33. The van der Waals surface area contributed by atoms with Gasteiger partial charge >= 0.3 is 0 Å². The normalized spacial score (nSPS) is 17.3. The molecule has 2 rings (SSSR count). The minimum atomic E-state index is 0. The number of hydrogen-bond acceptors (Lipinski definition) is 3. The van der Waals surface area contributed by atoms with Crippen molar-refractivity contribution in [2.45, 2.75) is 45.1 Å². The molecule has 6 heteroatoms. The molecule has 1 atom stereocenters. The number of benzene rings is 1. The number of rotatable bonds is 9. The van der Waals surface area contributed by atoms with Gasteiger partial charge in [-0.25, -0.2) is 0 Å². The molecule has 26 heavy (non-hydrogen) atoms. The predicted molar refractivity (Wildman–Crippen MR) is 119 cm³/mol. The van der Waals surface area contributed by atoms with Crippen molar-refractivity contribution in [3.8, 4) is 5.75 Å². The molecular formula is C20H34IN3O2. The number of methoxy groups -OCH3 is 1. The smallest absolute Gasteiger partial charge is 0.191 e. The van der Waals surface area contributed by atoms with Crippen molar-refractivity contribution in [2.75, 3.05) is 33.9 Å². The van der Waals surface area contributed by atoms with Crippen LogP contribution in [0.25, 0.3) is 0 Å². The van der Waals surface area contributed by atoms with Crippen LogP contribution in [0, 0.1) is 5.41 Å². The first kappa shape index (κ1) is 23.0. The summed E-state index contributed by atoms with van der Waals surface area (Å²) in [5.74, 6) is 1.73. The Morgan fingerprint density at radius 2 is 1.88 bits per heavy atom. The molecule has 1 unspecified atom stereocenters. The van der Waals surface area contributed by atoms with Crippen molar-refractivity contribution in [2.24, 2.45) is 10.4 Å². The van der Waals surface area contributed by atoms with Crippen LogP contribution >= 0.6 is 24.0 Å². The molecule has 1 aliphatic rings. The van der Waals surface area contributed by atoms with Gasteiger partial charge in [-0.2, -0.15) is 0 Å². The lowest BCUT2D eigenvalue weighted by Gasteiger charge is -2.30. The van der Waals surface area contributed by atoms with Crippen LogP contribution in [0.4, 0.5) is 0 Å². The number of halogens is 1. The molecule has 0 radical (unpaired) electrons. The lowest BCUT2D eigenvalue weighted by Crippen LogP contribution is -2.45. The monoisotopic (exact) mass is 475 g/mol. The maximum Gasteiger partial charge on any atom is 0.191 e. The number of ether oxygens (including phenoxy) is 2. The molecule has 0 amide bonds. The third-order valence-corrected chi connectivity index (χ3v) is 4.99. The second-order valence-corrected chi connectivity index (χ2v) is 7.00. The fourth-order valence-electron chi connectivity index (χ4n) is 3.46. The summed E-state index contributed by atoms with van der Waals surface area (Å²) in [6.45, 7) is 4.55. The van der Waals surface area contributed by atoms with Crippen molar-refractivity contribution in [3.63, 3.8) is 0 Å². The molecule has 0 aliphatic heterocycles. The summed E-state index contributed by atoms with van der Waals surface area (Å²) in [5, 5.41) is 6.88. The summed E-state index contributed by atoms with van der Waals surface area (Å²) in [6.07, 6.45) is 6.36. The van der Waals surface area contributed by atoms with Gasteiger partial charge in [0.25, 0.3) is 0 Å². The van der Waals surface area contributed by atoms with Gasteiger partial charge in [-0.1, -0.05) is 31.0 Å². The van der Waals surface area contributed by atoms with E-state index in [1.54, 1.807) is 7.11 Å². The molecule has 1 saturated carbocycles. The van der Waals surface area contributed by atoms with Gasteiger partial charge < -0.3 is 20.1 Å². The number of para-hydroxylation sites is 1. The summed E-state index contributed by atoms with van der Waals surface area (Å²) in [4.78, 5) is 4.35. The molecule has 1 aromatic rings. The fraction of sp³-hybridized carbons (Fsp3) is 0.650. The Bertz CT molecular complexity index is 519. The van der Waals surface area contributed by atoms with Gasteiger partial charge in [-0.3, -0.25) is 4.99 Å². The Balaban J connectivity index is 0.00000338. The Labute approximate surface area is 175 Å². The van der Waals surface area contributed by atoms with Crippen LogP contribution in [0.1, 0.15) is 39.0 Å². The van der Waals surface area contributed by atoms with Crippen LogP contribution in [0.5, 0.6) is 5.75 Å². The number of nitrogens with zero attached hydrogens (tertiary/aromatic N) is 1. The molecule has 0 heterocycles. The lowest BCUT2D eigenvalue weighted by atomic mass is 9.83. The first-order chi connectivity index (χ1) is 12.2. The Hall–Kier alpha value is -1.02. The highest BCUT2D eigenvalue weighted by atomic mass is 127. The highest BCUT2D eigenvalue weighted by Crippen LogP contribution is 2.40. The van der Waals surface area contributed by atoms with Crippen molar-refractivity contribution < 1.29 is 9.47 Å². The van der Waals surface area contributed by atoms with Crippen molar-refractivity contribution in [1.82, 2.24) is 10.6 Å². The molecule has 5 nitrogen and oxygen atoms in total. The molecule has 148 valence electrons. The van der Waals surface area contributed by atoms with Crippen LogP contribution in [0.3, 0.4) is 0 Å². The average molecular weight is 475 g/mol. The highest BCUT2D eigenvalue weighted by molar-refractivity contribution is 14.0. The van der Waals surface area contributed by atoms with Crippen LogP contribution in [0.2, 0.25) is 0 Å². The number of hydrogen-bond donors (Lipinski definition) is 2. The van der Waals surface area contributed by atoms with Gasteiger partial charge in [-0.05, 0) is 43.7 Å². The lowest BCUT2D eigenvalue weighted by molar-refractivity contribution is 0.138. The summed E-state index contributed by atoms with van der Waals surface area (Å²) in [7, 11) is 3.60. The average Bonchev–Trinajstić information content (AvgIpc) is 3.10. The third kappa shape index (κ3) is 7.70. The summed E-state index contributed by atoms with van der Waals surface area (Å²) in [5.41, 5.74) is 0.347. The quantitative estimate of drug-likeness (QED) is 0.324. The minimum Gasteiger partial charge on any atom is -0.489 e. The Morgan fingerprint density at radius 1 is 1.19 bits per heavy atom. The summed E-state index contributed by atoms with van der Waals surface area (Å²) in [6, 6.07) is 9.91. The molecule has 1 aromatic carbocycles. The number of nitrogens with one attached hydrogen (secondary N) is 2. The van der Waals surface area contributed by atoms with E-state index in [0.717, 1.165) is 31.3 Å². The van der Waals surface area contributed by atoms with E-state index in [1.165, 1.54) is 25.7 Å². The van der Waals surface area contributed by atoms with E-state index in [2.05, 4.69) is 22.5 Å². The molecule has 0 spiro atoms. The third-order valence-electron chi connectivity index (χ3n) is 4.99. The minimum absolute atomic E-state index is 0. The van der Waals surface area contributed by atoms with Gasteiger partial charge in [0.05, 0.1) is 6.54 Å². The molecule has 0 bridgehead atoms. The largest absolute Gasteiger partial charge is 0.489 e. The first-order valence-corrected chi connectivity index (χ1v) is 9.33. The van der Waals surface area contributed by atoms with E-state index in [9.17, 15) is 0 Å². The fourth-order valence-corrected chi connectivity index (χ4v) is 3.46. The molecule has 0 aromatic heterocycles. The molecule has 2 N–H and O–H groups in total.